The molecular formula is C26H37F3N6O. The van der Waals surface area contributed by atoms with Gasteiger partial charge in [0.15, 0.2) is 0 Å². The Labute approximate surface area is 210 Å². The second-order valence-electron chi connectivity index (χ2n) is 10.3. The van der Waals surface area contributed by atoms with Gasteiger partial charge in [0.25, 0.3) is 0 Å². The molecule has 3 heterocycles. The number of hydrogen-bond donors (Lipinski definition) is 1. The average Bonchev–Trinajstić information content (AvgIpc) is 3.01. The lowest BCUT2D eigenvalue weighted by Crippen LogP contribution is -2.39. The maximum atomic E-state index is 12.5. The van der Waals surface area contributed by atoms with E-state index >= 15 is 0 Å². The molecule has 1 fully saturated rings. The molecule has 10 heteroatoms. The fourth-order valence-electron chi connectivity index (χ4n) is 5.40. The van der Waals surface area contributed by atoms with Crippen LogP contribution in [-0.4, -0.2) is 62.4 Å². The summed E-state index contributed by atoms with van der Waals surface area (Å²) in [7, 11) is 1.81. The minimum Gasteiger partial charge on any atom is -0.353 e. The molecule has 1 aliphatic heterocycles. The highest BCUT2D eigenvalue weighted by Gasteiger charge is 2.27. The molecule has 2 aromatic rings. The number of pyridine rings is 1. The van der Waals surface area contributed by atoms with Crippen molar-refractivity contribution in [1.29, 1.82) is 0 Å². The number of nitrogens with one attached hydrogen (secondary N) is 1. The Bertz CT molecular complexity index is 1030. The first-order chi connectivity index (χ1) is 17.1. The van der Waals surface area contributed by atoms with Crippen LogP contribution in [0.4, 0.5) is 13.2 Å². The number of alkyl halides is 3. The predicted molar refractivity (Wildman–Crippen MR) is 130 cm³/mol. The zero-order valence-corrected chi connectivity index (χ0v) is 21.3. The minimum atomic E-state index is -4.15. The quantitative estimate of drug-likeness (QED) is 0.591. The van der Waals surface area contributed by atoms with E-state index in [0.29, 0.717) is 23.3 Å². The maximum absolute atomic E-state index is 12.5. The van der Waals surface area contributed by atoms with Crippen LogP contribution in [0.15, 0.2) is 12.1 Å². The van der Waals surface area contributed by atoms with Gasteiger partial charge in [0.05, 0.1) is 6.42 Å². The molecule has 0 radical (unpaired) electrons. The van der Waals surface area contributed by atoms with Gasteiger partial charge in [-0.25, -0.2) is 4.98 Å². The third-order valence-electron chi connectivity index (χ3n) is 7.50. The van der Waals surface area contributed by atoms with Crippen LogP contribution in [0.25, 0.3) is 0 Å². The fourth-order valence-corrected chi connectivity index (χ4v) is 5.40. The number of hydrogen-bond acceptors (Lipinski definition) is 5. The number of carbonyl (C=O) groups is 1. The van der Waals surface area contributed by atoms with Crippen LogP contribution >= 0.6 is 0 Å². The van der Waals surface area contributed by atoms with Crippen LogP contribution in [0.5, 0.6) is 0 Å². The SMILES string of the molecule is Cc1nc(CC(=O)NC2CCC(CCN3CCc4ccc(CCC(F)(F)F)nc4CC3)CC2)n(C)n1. The van der Waals surface area contributed by atoms with E-state index in [-0.39, 0.29) is 24.8 Å². The van der Waals surface area contributed by atoms with Crippen molar-refractivity contribution in [3.05, 3.63) is 40.7 Å². The maximum Gasteiger partial charge on any atom is 0.389 e. The Hall–Kier alpha value is -2.49. The highest BCUT2D eigenvalue weighted by Crippen LogP contribution is 2.28. The Kier molecular flexibility index (Phi) is 8.64. The number of aryl methyl sites for hydroxylation is 3. The van der Waals surface area contributed by atoms with Gasteiger partial charge >= 0.3 is 6.18 Å². The molecule has 2 aromatic heterocycles. The molecule has 0 saturated heterocycles. The molecule has 36 heavy (non-hydrogen) atoms. The molecule has 1 amide bonds. The van der Waals surface area contributed by atoms with E-state index in [9.17, 15) is 18.0 Å². The van der Waals surface area contributed by atoms with Gasteiger partial charge in [0.1, 0.15) is 11.6 Å². The van der Waals surface area contributed by atoms with Crippen LogP contribution in [0.3, 0.4) is 0 Å². The number of halogens is 3. The fraction of sp³-hybridized carbons (Fsp3) is 0.692. The Balaban J connectivity index is 1.16. The second kappa shape index (κ2) is 11.7. The molecule has 1 saturated carbocycles. The van der Waals surface area contributed by atoms with Gasteiger partial charge < -0.3 is 10.2 Å². The lowest BCUT2D eigenvalue weighted by atomic mass is 9.84. The first-order valence-electron chi connectivity index (χ1n) is 13.1. The van der Waals surface area contributed by atoms with Crippen LogP contribution in [0.2, 0.25) is 0 Å². The largest absolute Gasteiger partial charge is 0.389 e. The third-order valence-corrected chi connectivity index (χ3v) is 7.50. The molecule has 0 bridgehead atoms. The number of nitrogens with zero attached hydrogens (tertiary/aromatic N) is 5. The first-order valence-corrected chi connectivity index (χ1v) is 13.1. The van der Waals surface area contributed by atoms with E-state index in [1.807, 2.05) is 20.0 Å². The van der Waals surface area contributed by atoms with Gasteiger partial charge in [-0.1, -0.05) is 6.07 Å². The standard InChI is InChI=1S/C26H37F3N6O/c1-18-30-24(34(2)33-18)17-25(36)32-21-6-3-19(4-7-21)10-14-35-15-11-20-5-8-22(9-13-26(27,28)29)31-23(20)12-16-35/h5,8,19,21H,3-4,6-7,9-17H2,1-2H3,(H,32,36). The monoisotopic (exact) mass is 506 g/mol. The molecule has 198 valence electrons. The molecule has 0 spiro atoms. The number of fused-ring (bicyclic) bond motifs is 1. The molecule has 7 nitrogen and oxygen atoms in total. The summed E-state index contributed by atoms with van der Waals surface area (Å²) < 4.78 is 39.3. The van der Waals surface area contributed by atoms with Gasteiger partial charge in [-0.15, -0.1) is 0 Å². The molecule has 0 aromatic carbocycles. The highest BCUT2D eigenvalue weighted by molar-refractivity contribution is 5.78. The summed E-state index contributed by atoms with van der Waals surface area (Å²) in [6.07, 6.45) is 2.30. The number of carbonyl (C=O) groups excluding carboxylic acids is 1. The molecule has 4 rings (SSSR count). The van der Waals surface area contributed by atoms with Crippen molar-refractivity contribution in [1.82, 2.24) is 30.0 Å². The highest BCUT2D eigenvalue weighted by atomic mass is 19.4. The normalized spacial score (nSPS) is 21.1. The molecule has 0 atom stereocenters. The van der Waals surface area contributed by atoms with Crippen molar-refractivity contribution in [2.75, 3.05) is 19.6 Å². The van der Waals surface area contributed by atoms with E-state index < -0.39 is 12.6 Å². The van der Waals surface area contributed by atoms with Gasteiger partial charge in [-0.05, 0) is 76.0 Å². The van der Waals surface area contributed by atoms with Crippen molar-refractivity contribution >= 4 is 5.91 Å². The zero-order chi connectivity index (χ0) is 25.7. The molecule has 0 unspecified atom stereocenters. The molecule has 1 N–H and O–H groups in total. The zero-order valence-electron chi connectivity index (χ0n) is 21.3. The molecule has 1 aliphatic carbocycles. The van der Waals surface area contributed by atoms with Crippen molar-refractivity contribution in [3.63, 3.8) is 0 Å². The van der Waals surface area contributed by atoms with Crippen LogP contribution in [-0.2, 0) is 37.5 Å². The topological polar surface area (TPSA) is 75.9 Å². The van der Waals surface area contributed by atoms with Gasteiger partial charge in [-0.2, -0.15) is 18.3 Å². The van der Waals surface area contributed by atoms with Crippen molar-refractivity contribution in [2.24, 2.45) is 13.0 Å². The summed E-state index contributed by atoms with van der Waals surface area (Å²) in [4.78, 5) is 23.8. The van der Waals surface area contributed by atoms with Crippen molar-refractivity contribution in [2.45, 2.75) is 83.4 Å². The van der Waals surface area contributed by atoms with Crippen LogP contribution in [0, 0.1) is 12.8 Å². The predicted octanol–water partition coefficient (Wildman–Crippen LogP) is 3.72. The Morgan fingerprint density at radius 3 is 2.56 bits per heavy atom. The lowest BCUT2D eigenvalue weighted by molar-refractivity contribution is -0.134. The van der Waals surface area contributed by atoms with Gasteiger partial charge in [0, 0.05) is 50.4 Å². The summed E-state index contributed by atoms with van der Waals surface area (Å²) in [6.45, 7) is 4.71. The van der Waals surface area contributed by atoms with Gasteiger partial charge in [-0.3, -0.25) is 14.5 Å². The Morgan fingerprint density at radius 1 is 1.11 bits per heavy atom. The van der Waals surface area contributed by atoms with Crippen LogP contribution in [0.1, 0.15) is 67.1 Å². The number of aromatic nitrogens is 4. The Morgan fingerprint density at radius 2 is 1.86 bits per heavy atom. The number of amides is 1. The van der Waals surface area contributed by atoms with E-state index in [1.165, 1.54) is 5.56 Å². The summed E-state index contributed by atoms with van der Waals surface area (Å²) in [5, 5.41) is 7.37. The second-order valence-corrected chi connectivity index (χ2v) is 10.3. The summed E-state index contributed by atoms with van der Waals surface area (Å²) in [5.74, 6) is 2.03. The summed E-state index contributed by atoms with van der Waals surface area (Å²) >= 11 is 0. The van der Waals surface area contributed by atoms with Gasteiger partial charge in [0.2, 0.25) is 5.91 Å². The average molecular weight is 507 g/mol. The van der Waals surface area contributed by atoms with E-state index in [4.69, 9.17) is 0 Å². The summed E-state index contributed by atoms with van der Waals surface area (Å²) in [6, 6.07) is 3.96. The smallest absolute Gasteiger partial charge is 0.353 e. The number of rotatable bonds is 8. The third kappa shape index (κ3) is 7.75. The van der Waals surface area contributed by atoms with E-state index in [1.54, 1.807) is 10.7 Å². The molecule has 2 aliphatic rings. The van der Waals surface area contributed by atoms with Crippen molar-refractivity contribution < 1.29 is 18.0 Å². The van der Waals surface area contributed by atoms with E-state index in [0.717, 1.165) is 70.3 Å². The van der Waals surface area contributed by atoms with Crippen molar-refractivity contribution in [3.8, 4) is 0 Å². The summed E-state index contributed by atoms with van der Waals surface area (Å²) in [5.41, 5.74) is 2.67. The van der Waals surface area contributed by atoms with E-state index in [2.05, 4.69) is 25.3 Å². The minimum absolute atomic E-state index is 0.00764. The first kappa shape index (κ1) is 26.6. The van der Waals surface area contributed by atoms with Crippen LogP contribution < -0.4 is 5.32 Å². The molecular weight excluding hydrogens is 469 g/mol. The lowest BCUT2D eigenvalue weighted by Gasteiger charge is -2.30.